The van der Waals surface area contributed by atoms with Crippen molar-refractivity contribution in [2.45, 2.75) is 25.9 Å². The van der Waals surface area contributed by atoms with E-state index in [1.807, 2.05) is 11.5 Å². The second kappa shape index (κ2) is 6.54. The molecule has 1 aromatic carbocycles. The quantitative estimate of drug-likeness (QED) is 0.434. The molecule has 0 amide bonds. The first-order valence-electron chi connectivity index (χ1n) is 6.68. The number of benzene rings is 1. The maximum Gasteiger partial charge on any atom is 0.213 e. The van der Waals surface area contributed by atoms with Crippen LogP contribution in [0, 0.1) is 5.92 Å². The second-order valence-corrected chi connectivity index (χ2v) is 5.18. The van der Waals surface area contributed by atoms with Gasteiger partial charge in [-0.2, -0.15) is 0 Å². The standard InChI is InChI=1S/C14H22N4O/c1-11-9-18(10-12-5-3-2-4-6-12)8-7-13(11)16-14(15)17-19/h2-6,11,13,19H,7-10H2,1H3,(H3,15,16,17). The van der Waals surface area contributed by atoms with Gasteiger partial charge >= 0.3 is 0 Å². The van der Waals surface area contributed by atoms with E-state index in [1.54, 1.807) is 0 Å². The van der Waals surface area contributed by atoms with Crippen LogP contribution in [0.3, 0.4) is 0 Å². The first-order valence-corrected chi connectivity index (χ1v) is 6.68. The van der Waals surface area contributed by atoms with Crippen molar-refractivity contribution in [2.24, 2.45) is 16.6 Å². The molecule has 0 aromatic heterocycles. The average molecular weight is 262 g/mol. The van der Waals surface area contributed by atoms with E-state index in [0.717, 1.165) is 26.1 Å². The van der Waals surface area contributed by atoms with Crippen LogP contribution in [-0.4, -0.2) is 35.2 Å². The second-order valence-electron chi connectivity index (χ2n) is 5.18. The molecular weight excluding hydrogens is 240 g/mol. The number of hydroxylamine groups is 1. The van der Waals surface area contributed by atoms with E-state index in [0.29, 0.717) is 5.92 Å². The lowest BCUT2D eigenvalue weighted by atomic mass is 9.94. The summed E-state index contributed by atoms with van der Waals surface area (Å²) in [4.78, 5) is 6.72. The molecule has 2 unspecified atom stereocenters. The van der Waals surface area contributed by atoms with Gasteiger partial charge in [-0.3, -0.25) is 10.1 Å². The molecule has 1 aromatic rings. The lowest BCUT2D eigenvalue weighted by Gasteiger charge is -2.35. The van der Waals surface area contributed by atoms with Crippen LogP contribution in [0.25, 0.3) is 0 Å². The van der Waals surface area contributed by atoms with Crippen molar-refractivity contribution in [1.82, 2.24) is 10.4 Å². The van der Waals surface area contributed by atoms with E-state index in [9.17, 15) is 0 Å². The van der Waals surface area contributed by atoms with Gasteiger partial charge in [0, 0.05) is 19.6 Å². The predicted octanol–water partition coefficient (Wildman–Crippen LogP) is 1.19. The van der Waals surface area contributed by atoms with E-state index in [2.05, 4.69) is 41.1 Å². The number of nitrogens with two attached hydrogens (primary N) is 1. The highest BCUT2D eigenvalue weighted by Crippen LogP contribution is 2.21. The van der Waals surface area contributed by atoms with E-state index < -0.39 is 0 Å². The summed E-state index contributed by atoms with van der Waals surface area (Å²) < 4.78 is 0. The Morgan fingerprint density at radius 1 is 1.47 bits per heavy atom. The first-order chi connectivity index (χ1) is 9.19. The van der Waals surface area contributed by atoms with Crippen LogP contribution < -0.4 is 11.2 Å². The molecule has 1 heterocycles. The van der Waals surface area contributed by atoms with E-state index in [-0.39, 0.29) is 12.0 Å². The number of likely N-dealkylation sites (tertiary alicyclic amines) is 1. The average Bonchev–Trinajstić information content (AvgIpc) is 2.43. The number of piperidine rings is 1. The number of hydrogen-bond acceptors (Lipinski definition) is 3. The SMILES string of the molecule is CC1CN(Cc2ccccc2)CCC1N=C(N)NO. The van der Waals surface area contributed by atoms with Crippen LogP contribution in [-0.2, 0) is 6.54 Å². The van der Waals surface area contributed by atoms with Gasteiger partial charge in [-0.05, 0) is 17.9 Å². The van der Waals surface area contributed by atoms with Gasteiger partial charge in [0.2, 0.25) is 5.96 Å². The molecule has 0 bridgehead atoms. The molecule has 0 saturated carbocycles. The smallest absolute Gasteiger partial charge is 0.213 e. The van der Waals surface area contributed by atoms with E-state index in [4.69, 9.17) is 10.9 Å². The fraction of sp³-hybridized carbons (Fsp3) is 0.500. The van der Waals surface area contributed by atoms with E-state index in [1.165, 1.54) is 5.56 Å². The lowest BCUT2D eigenvalue weighted by Crippen LogP contribution is -2.42. The molecule has 104 valence electrons. The zero-order valence-corrected chi connectivity index (χ0v) is 11.3. The minimum Gasteiger partial charge on any atom is -0.368 e. The Kier molecular flexibility index (Phi) is 4.76. The van der Waals surface area contributed by atoms with Crippen LogP contribution in [0.15, 0.2) is 35.3 Å². The normalized spacial score (nSPS) is 25.3. The summed E-state index contributed by atoms with van der Waals surface area (Å²) in [7, 11) is 0. The molecule has 5 heteroatoms. The molecule has 19 heavy (non-hydrogen) atoms. The summed E-state index contributed by atoms with van der Waals surface area (Å²) in [6, 6.07) is 10.7. The van der Waals surface area contributed by atoms with Gasteiger partial charge in [0.05, 0.1) is 6.04 Å². The highest BCUT2D eigenvalue weighted by molar-refractivity contribution is 5.76. The highest BCUT2D eigenvalue weighted by Gasteiger charge is 2.25. The third kappa shape index (κ3) is 3.94. The minimum atomic E-state index is 0.105. The van der Waals surface area contributed by atoms with Gasteiger partial charge in [-0.25, -0.2) is 10.5 Å². The molecule has 0 aliphatic carbocycles. The molecule has 1 aliphatic rings. The van der Waals surface area contributed by atoms with E-state index >= 15 is 0 Å². The van der Waals surface area contributed by atoms with Crippen LogP contribution >= 0.6 is 0 Å². The fourth-order valence-corrected chi connectivity index (χ4v) is 2.60. The zero-order chi connectivity index (χ0) is 13.7. The predicted molar refractivity (Wildman–Crippen MR) is 75.8 cm³/mol. The number of aliphatic imine (C=N–C) groups is 1. The molecule has 5 nitrogen and oxygen atoms in total. The summed E-state index contributed by atoms with van der Waals surface area (Å²) in [5.41, 5.74) is 8.74. The summed E-state index contributed by atoms with van der Waals surface area (Å²) in [5.74, 6) is 0.540. The Balaban J connectivity index is 1.89. The minimum absolute atomic E-state index is 0.105. The molecule has 0 spiro atoms. The van der Waals surface area contributed by atoms with Crippen molar-refractivity contribution in [2.75, 3.05) is 13.1 Å². The van der Waals surface area contributed by atoms with Gasteiger partial charge in [-0.15, -0.1) is 0 Å². The monoisotopic (exact) mass is 262 g/mol. The third-order valence-electron chi connectivity index (χ3n) is 3.61. The number of rotatable bonds is 3. The number of nitrogens with one attached hydrogen (secondary N) is 1. The van der Waals surface area contributed by atoms with Crippen LogP contribution in [0.4, 0.5) is 0 Å². The maximum absolute atomic E-state index is 8.68. The summed E-state index contributed by atoms with van der Waals surface area (Å²) in [6.07, 6.45) is 0.969. The molecule has 1 saturated heterocycles. The number of guanidine groups is 1. The Labute approximate surface area is 114 Å². The molecule has 1 fully saturated rings. The number of hydrogen-bond donors (Lipinski definition) is 3. The van der Waals surface area contributed by atoms with Crippen LogP contribution in [0.5, 0.6) is 0 Å². The van der Waals surface area contributed by atoms with Gasteiger partial charge in [0.25, 0.3) is 0 Å². The molecular formula is C14H22N4O. The van der Waals surface area contributed by atoms with Crippen LogP contribution in [0.1, 0.15) is 18.9 Å². The van der Waals surface area contributed by atoms with Gasteiger partial charge in [-0.1, -0.05) is 37.3 Å². The Hall–Kier alpha value is -1.59. The number of nitrogens with zero attached hydrogens (tertiary/aromatic N) is 2. The summed E-state index contributed by atoms with van der Waals surface area (Å²) in [6.45, 7) is 5.17. The highest BCUT2D eigenvalue weighted by atomic mass is 16.5. The summed E-state index contributed by atoms with van der Waals surface area (Å²) >= 11 is 0. The Bertz CT molecular complexity index is 421. The lowest BCUT2D eigenvalue weighted by molar-refractivity contribution is 0.157. The van der Waals surface area contributed by atoms with Crippen LogP contribution in [0.2, 0.25) is 0 Å². The van der Waals surface area contributed by atoms with Crippen molar-refractivity contribution >= 4 is 5.96 Å². The van der Waals surface area contributed by atoms with Crippen molar-refractivity contribution in [3.8, 4) is 0 Å². The van der Waals surface area contributed by atoms with Gasteiger partial charge in [0.15, 0.2) is 0 Å². The van der Waals surface area contributed by atoms with Crippen molar-refractivity contribution in [1.29, 1.82) is 0 Å². The summed E-state index contributed by atoms with van der Waals surface area (Å²) in [5, 5.41) is 8.68. The topological polar surface area (TPSA) is 73.9 Å². The van der Waals surface area contributed by atoms with Crippen molar-refractivity contribution < 1.29 is 5.21 Å². The molecule has 1 aliphatic heterocycles. The molecule has 4 N–H and O–H groups in total. The van der Waals surface area contributed by atoms with Crippen molar-refractivity contribution in [3.63, 3.8) is 0 Å². The third-order valence-corrected chi connectivity index (χ3v) is 3.61. The Morgan fingerprint density at radius 3 is 2.84 bits per heavy atom. The van der Waals surface area contributed by atoms with Gasteiger partial charge in [0.1, 0.15) is 0 Å². The zero-order valence-electron chi connectivity index (χ0n) is 11.3. The largest absolute Gasteiger partial charge is 0.368 e. The molecule has 2 rings (SSSR count). The fourth-order valence-electron chi connectivity index (χ4n) is 2.60. The molecule has 0 radical (unpaired) electrons. The Morgan fingerprint density at radius 2 is 2.21 bits per heavy atom. The molecule has 2 atom stereocenters. The maximum atomic E-state index is 8.68. The first kappa shape index (κ1) is 13.8. The van der Waals surface area contributed by atoms with Crippen molar-refractivity contribution in [3.05, 3.63) is 35.9 Å². The van der Waals surface area contributed by atoms with Gasteiger partial charge < -0.3 is 5.73 Å².